The van der Waals surface area contributed by atoms with Crippen molar-refractivity contribution in [3.05, 3.63) is 72.2 Å². The Balaban J connectivity index is 1.77. The number of hydrogen-bond acceptors (Lipinski definition) is 4. The Hall–Kier alpha value is -2.60. The van der Waals surface area contributed by atoms with Gasteiger partial charge in [0.1, 0.15) is 0 Å². The van der Waals surface area contributed by atoms with E-state index in [1.807, 2.05) is 65.2 Å². The summed E-state index contributed by atoms with van der Waals surface area (Å²) in [6.07, 6.45) is 8.13. The second-order valence-electron chi connectivity index (χ2n) is 5.57. The van der Waals surface area contributed by atoms with Crippen molar-refractivity contribution in [1.82, 2.24) is 19.9 Å². The standard InChI is InChI=1S/C19H20N4OS/c1-25-14-12-16(19-22-21-17-9-5-6-13-23(17)19)20-18(24)11-10-15-7-3-2-4-8-15/h2-11,13,16H,12,14H2,1H3,(H,20,24)/b11-10-. The summed E-state index contributed by atoms with van der Waals surface area (Å²) in [6.45, 7) is 0. The van der Waals surface area contributed by atoms with E-state index in [-0.39, 0.29) is 11.9 Å². The highest BCUT2D eigenvalue weighted by Gasteiger charge is 2.19. The van der Waals surface area contributed by atoms with Gasteiger partial charge < -0.3 is 5.32 Å². The van der Waals surface area contributed by atoms with Crippen molar-refractivity contribution >= 4 is 29.4 Å². The van der Waals surface area contributed by atoms with Crippen molar-refractivity contribution in [1.29, 1.82) is 0 Å². The third kappa shape index (κ3) is 4.48. The molecule has 5 nitrogen and oxygen atoms in total. The van der Waals surface area contributed by atoms with E-state index < -0.39 is 0 Å². The molecule has 0 spiro atoms. The summed E-state index contributed by atoms with van der Waals surface area (Å²) in [5.41, 5.74) is 1.77. The van der Waals surface area contributed by atoms with Crippen molar-refractivity contribution in [3.8, 4) is 0 Å². The van der Waals surface area contributed by atoms with E-state index in [0.717, 1.165) is 29.2 Å². The van der Waals surface area contributed by atoms with Gasteiger partial charge in [0.15, 0.2) is 11.5 Å². The Morgan fingerprint density at radius 3 is 2.80 bits per heavy atom. The highest BCUT2D eigenvalue weighted by molar-refractivity contribution is 7.98. The van der Waals surface area contributed by atoms with Crippen molar-refractivity contribution in [2.75, 3.05) is 12.0 Å². The molecular weight excluding hydrogens is 332 g/mol. The lowest BCUT2D eigenvalue weighted by Crippen LogP contribution is -2.29. The topological polar surface area (TPSA) is 59.3 Å². The van der Waals surface area contributed by atoms with Crippen LogP contribution in [0.5, 0.6) is 0 Å². The van der Waals surface area contributed by atoms with Crippen LogP contribution in [0.3, 0.4) is 0 Å². The Morgan fingerprint density at radius 2 is 2.00 bits per heavy atom. The summed E-state index contributed by atoms with van der Waals surface area (Å²) in [7, 11) is 0. The molecule has 0 saturated heterocycles. The van der Waals surface area contributed by atoms with Crippen molar-refractivity contribution in [3.63, 3.8) is 0 Å². The molecule has 1 N–H and O–H groups in total. The molecule has 1 amide bonds. The van der Waals surface area contributed by atoms with Gasteiger partial charge in [-0.1, -0.05) is 36.4 Å². The zero-order valence-electron chi connectivity index (χ0n) is 14.0. The fraction of sp³-hybridized carbons (Fsp3) is 0.211. The van der Waals surface area contributed by atoms with Gasteiger partial charge in [-0.2, -0.15) is 11.8 Å². The van der Waals surface area contributed by atoms with Crippen LogP contribution in [0.15, 0.2) is 60.8 Å². The van der Waals surface area contributed by atoms with Crippen molar-refractivity contribution < 1.29 is 4.79 Å². The minimum atomic E-state index is -0.183. The molecule has 3 aromatic rings. The van der Waals surface area contributed by atoms with Gasteiger partial charge in [0.25, 0.3) is 0 Å². The Bertz CT molecular complexity index is 860. The Labute approximate surface area is 151 Å². The average Bonchev–Trinajstić information content (AvgIpc) is 3.08. The summed E-state index contributed by atoms with van der Waals surface area (Å²) in [5, 5.41) is 11.5. The first-order valence-electron chi connectivity index (χ1n) is 8.10. The molecule has 2 aromatic heterocycles. The lowest BCUT2D eigenvalue weighted by molar-refractivity contribution is -0.117. The molecule has 0 aliphatic heterocycles. The number of hydrogen-bond donors (Lipinski definition) is 1. The number of benzene rings is 1. The first-order chi connectivity index (χ1) is 12.3. The van der Waals surface area contributed by atoms with Gasteiger partial charge in [-0.15, -0.1) is 10.2 Å². The molecule has 0 saturated carbocycles. The van der Waals surface area contributed by atoms with Crippen LogP contribution in [-0.2, 0) is 4.79 Å². The van der Waals surface area contributed by atoms with Gasteiger partial charge in [-0.05, 0) is 42.2 Å². The number of carbonyl (C=O) groups is 1. The van der Waals surface area contributed by atoms with E-state index in [1.165, 1.54) is 0 Å². The van der Waals surface area contributed by atoms with Gasteiger partial charge in [-0.25, -0.2) is 0 Å². The summed E-state index contributed by atoms with van der Waals surface area (Å²) in [4.78, 5) is 12.4. The largest absolute Gasteiger partial charge is 0.342 e. The number of amides is 1. The number of carbonyl (C=O) groups excluding carboxylic acids is 1. The zero-order valence-corrected chi connectivity index (χ0v) is 14.8. The maximum atomic E-state index is 12.4. The number of aromatic nitrogens is 3. The third-order valence-corrected chi connectivity index (χ3v) is 4.45. The van der Waals surface area contributed by atoms with E-state index in [0.29, 0.717) is 0 Å². The van der Waals surface area contributed by atoms with Gasteiger partial charge >= 0.3 is 0 Å². The molecule has 6 heteroatoms. The van der Waals surface area contributed by atoms with Crippen LogP contribution in [0.25, 0.3) is 11.7 Å². The molecule has 0 radical (unpaired) electrons. The minimum absolute atomic E-state index is 0.136. The smallest absolute Gasteiger partial charge is 0.244 e. The number of pyridine rings is 1. The lowest BCUT2D eigenvalue weighted by atomic mass is 10.2. The van der Waals surface area contributed by atoms with Crippen LogP contribution in [0.2, 0.25) is 0 Å². The third-order valence-electron chi connectivity index (χ3n) is 3.81. The van der Waals surface area contributed by atoms with Crippen LogP contribution in [-0.4, -0.2) is 32.5 Å². The number of rotatable bonds is 7. The van der Waals surface area contributed by atoms with E-state index in [2.05, 4.69) is 21.8 Å². The quantitative estimate of drug-likeness (QED) is 0.663. The summed E-state index contributed by atoms with van der Waals surface area (Å²) >= 11 is 1.74. The SMILES string of the molecule is CSCCC(NC(=O)/C=C\c1ccccc1)c1nnc2ccccn12. The van der Waals surface area contributed by atoms with Crippen molar-refractivity contribution in [2.45, 2.75) is 12.5 Å². The van der Waals surface area contributed by atoms with E-state index in [4.69, 9.17) is 0 Å². The monoisotopic (exact) mass is 352 g/mol. The van der Waals surface area contributed by atoms with Crippen LogP contribution < -0.4 is 5.32 Å². The molecular formula is C19H20N4OS. The average molecular weight is 352 g/mol. The molecule has 0 aliphatic carbocycles. The lowest BCUT2D eigenvalue weighted by Gasteiger charge is -2.15. The first-order valence-corrected chi connectivity index (χ1v) is 9.49. The van der Waals surface area contributed by atoms with Crippen molar-refractivity contribution in [2.24, 2.45) is 0 Å². The number of nitrogens with zero attached hydrogens (tertiary/aromatic N) is 3. The molecule has 1 atom stereocenters. The molecule has 0 aliphatic rings. The summed E-state index contributed by atoms with van der Waals surface area (Å²) in [6, 6.07) is 15.3. The molecule has 1 unspecified atom stereocenters. The molecule has 3 rings (SSSR count). The second-order valence-corrected chi connectivity index (χ2v) is 6.56. The molecule has 0 fully saturated rings. The maximum Gasteiger partial charge on any atom is 0.244 e. The summed E-state index contributed by atoms with van der Waals surface area (Å²) < 4.78 is 1.92. The van der Waals surface area contributed by atoms with Gasteiger partial charge in [-0.3, -0.25) is 9.20 Å². The number of thioether (sulfide) groups is 1. The molecule has 25 heavy (non-hydrogen) atoms. The van der Waals surface area contributed by atoms with Crippen LogP contribution in [0, 0.1) is 0 Å². The Kier molecular flexibility index (Phi) is 5.85. The number of fused-ring (bicyclic) bond motifs is 1. The second kappa shape index (κ2) is 8.48. The zero-order chi connectivity index (χ0) is 17.5. The number of nitrogens with one attached hydrogen (secondary N) is 1. The highest BCUT2D eigenvalue weighted by atomic mass is 32.2. The molecule has 2 heterocycles. The Morgan fingerprint density at radius 1 is 1.20 bits per heavy atom. The first kappa shape index (κ1) is 17.2. The normalized spacial score (nSPS) is 12.5. The highest BCUT2D eigenvalue weighted by Crippen LogP contribution is 2.18. The maximum absolute atomic E-state index is 12.4. The predicted octanol–water partition coefficient (Wildman–Crippen LogP) is 3.35. The van der Waals surface area contributed by atoms with Gasteiger partial charge in [0.2, 0.25) is 5.91 Å². The van der Waals surface area contributed by atoms with Gasteiger partial charge in [0.05, 0.1) is 6.04 Å². The van der Waals surface area contributed by atoms with E-state index in [9.17, 15) is 4.79 Å². The van der Waals surface area contributed by atoms with Gasteiger partial charge in [0, 0.05) is 12.3 Å². The molecule has 128 valence electrons. The van der Waals surface area contributed by atoms with Crippen LogP contribution >= 0.6 is 11.8 Å². The predicted molar refractivity (Wildman–Crippen MR) is 102 cm³/mol. The van der Waals surface area contributed by atoms with Crippen LogP contribution in [0.1, 0.15) is 23.9 Å². The van der Waals surface area contributed by atoms with Crippen LogP contribution in [0.4, 0.5) is 0 Å². The summed E-state index contributed by atoms with van der Waals surface area (Å²) in [5.74, 6) is 1.54. The molecule has 0 bridgehead atoms. The minimum Gasteiger partial charge on any atom is -0.342 e. The fourth-order valence-electron chi connectivity index (χ4n) is 2.55. The van der Waals surface area contributed by atoms with E-state index >= 15 is 0 Å². The molecule has 1 aromatic carbocycles. The fourth-order valence-corrected chi connectivity index (χ4v) is 3.03. The van der Waals surface area contributed by atoms with E-state index in [1.54, 1.807) is 17.8 Å².